The predicted molar refractivity (Wildman–Crippen MR) is 164 cm³/mol. The Kier molecular flexibility index (Phi) is 5.56. The number of nitriles is 2. The summed E-state index contributed by atoms with van der Waals surface area (Å²) in [5.74, 6) is 0. The van der Waals surface area contributed by atoms with E-state index in [2.05, 4.69) is 26.0 Å². The number of fused-ring (bicyclic) bond motifs is 6. The first kappa shape index (κ1) is 24.4. The number of rotatable bonds is 2. The Morgan fingerprint density at radius 2 is 1.12 bits per heavy atom. The first-order valence-corrected chi connectivity index (χ1v) is 13.0. The molecule has 0 N–H and O–H groups in total. The Balaban J connectivity index is 1.53. The van der Waals surface area contributed by atoms with Crippen LogP contribution in [0.4, 0.5) is 5.69 Å². The molecule has 6 heteroatoms. The molecular formula is C36H16N6. The van der Waals surface area contributed by atoms with E-state index in [1.165, 1.54) is 0 Å². The fourth-order valence-electron chi connectivity index (χ4n) is 5.89. The highest BCUT2D eigenvalue weighted by Gasteiger charge is 2.17. The third-order valence-electron chi connectivity index (χ3n) is 7.74. The Bertz CT molecular complexity index is 2390. The van der Waals surface area contributed by atoms with Gasteiger partial charge in [-0.25, -0.2) is 4.85 Å². The Labute approximate surface area is 239 Å². The van der Waals surface area contributed by atoms with Gasteiger partial charge in [-0.3, -0.25) is 0 Å². The maximum atomic E-state index is 9.63. The second kappa shape index (κ2) is 9.55. The fraction of sp³-hybridized carbons (Fsp3) is 0. The third kappa shape index (κ3) is 3.70. The van der Waals surface area contributed by atoms with Gasteiger partial charge in [0, 0.05) is 21.5 Å². The molecule has 0 radical (unpaired) electrons. The lowest BCUT2D eigenvalue weighted by Crippen LogP contribution is -1.99. The minimum Gasteiger partial charge on any atom is -0.238 e. The van der Waals surface area contributed by atoms with Gasteiger partial charge in [-0.2, -0.15) is 22.1 Å². The summed E-state index contributed by atoms with van der Waals surface area (Å²) in [5.41, 5.74) is 4.82. The van der Waals surface area contributed by atoms with E-state index >= 15 is 0 Å². The van der Waals surface area contributed by atoms with Gasteiger partial charge in [0.15, 0.2) is 11.0 Å². The topological polar surface area (TPSA) is 81.0 Å². The summed E-state index contributed by atoms with van der Waals surface area (Å²) in [6.45, 7) is 14.9. The molecule has 7 aromatic carbocycles. The van der Waals surface area contributed by atoms with Crippen molar-refractivity contribution < 1.29 is 0 Å². The van der Waals surface area contributed by atoms with Crippen molar-refractivity contribution in [2.75, 3.05) is 0 Å². The largest absolute Gasteiger partial charge is 0.238 e. The number of hydrogen-bond donors (Lipinski definition) is 0. The average Bonchev–Trinajstić information content (AvgIpc) is 3.51. The van der Waals surface area contributed by atoms with Crippen LogP contribution >= 0.6 is 0 Å². The average molecular weight is 533 g/mol. The molecule has 0 aliphatic rings. The number of benzene rings is 5. The maximum absolute atomic E-state index is 9.63. The van der Waals surface area contributed by atoms with E-state index in [9.17, 15) is 10.5 Å². The van der Waals surface area contributed by atoms with Crippen LogP contribution in [0.1, 0.15) is 5.56 Å². The zero-order valence-corrected chi connectivity index (χ0v) is 21.9. The van der Waals surface area contributed by atoms with Crippen LogP contribution in [-0.2, 0) is 0 Å². The lowest BCUT2D eigenvalue weighted by atomic mass is 10.0. The van der Waals surface area contributed by atoms with Crippen LogP contribution in [0.15, 0.2) is 107 Å². The van der Waals surface area contributed by atoms with E-state index in [1.807, 2.05) is 91.1 Å². The highest BCUT2D eigenvalue weighted by atomic mass is 15.2. The molecule has 0 fully saturated rings. The summed E-state index contributed by atoms with van der Waals surface area (Å²) in [6.07, 6.45) is 1.98. The summed E-state index contributed by atoms with van der Waals surface area (Å²) in [4.78, 5) is 11.2. The maximum Gasteiger partial charge on any atom is 0.206 e. The van der Waals surface area contributed by atoms with Gasteiger partial charge in [0.1, 0.15) is 0 Å². The van der Waals surface area contributed by atoms with E-state index in [-0.39, 0.29) is 0 Å². The van der Waals surface area contributed by atoms with Crippen molar-refractivity contribution in [3.8, 4) is 34.5 Å². The molecule has 0 atom stereocenters. The van der Waals surface area contributed by atoms with Gasteiger partial charge < -0.3 is 0 Å². The van der Waals surface area contributed by atoms with Crippen LogP contribution in [0.2, 0.25) is 0 Å². The SMILES string of the molecule is [C-]#[N+]/N=c1/c2cc(-c3cccc([N+]#[C-])c3)ccc2c2cc3c(=NC#N)c4cc(-c5cccc(C#N)c5)ccc4c3cc12. The molecule has 0 saturated heterocycles. The zero-order chi connectivity index (χ0) is 28.8. The van der Waals surface area contributed by atoms with Crippen LogP contribution in [-0.4, -0.2) is 0 Å². The molecule has 0 aliphatic carbocycles. The molecule has 190 valence electrons. The van der Waals surface area contributed by atoms with E-state index < -0.39 is 0 Å². The zero-order valence-electron chi connectivity index (χ0n) is 21.9. The number of hydrogen-bond acceptors (Lipinski definition) is 4. The van der Waals surface area contributed by atoms with Crippen molar-refractivity contribution in [3.05, 3.63) is 136 Å². The second-order valence-electron chi connectivity index (χ2n) is 9.93. The molecule has 0 spiro atoms. The molecule has 0 aromatic heterocycles. The van der Waals surface area contributed by atoms with Crippen molar-refractivity contribution in [1.82, 2.24) is 0 Å². The normalized spacial score (nSPS) is 12.0. The van der Waals surface area contributed by atoms with Gasteiger partial charge in [-0.15, -0.1) is 4.95 Å². The van der Waals surface area contributed by atoms with E-state index in [0.29, 0.717) is 22.0 Å². The van der Waals surface area contributed by atoms with E-state index in [0.717, 1.165) is 65.3 Å². The van der Waals surface area contributed by atoms with Gasteiger partial charge >= 0.3 is 0 Å². The summed E-state index contributed by atoms with van der Waals surface area (Å²) in [6, 6.07) is 33.2. The van der Waals surface area contributed by atoms with Crippen LogP contribution in [0.3, 0.4) is 0 Å². The lowest BCUT2D eigenvalue weighted by molar-refractivity contribution is 1.37. The second-order valence-corrected chi connectivity index (χ2v) is 9.93. The molecule has 0 saturated carbocycles. The Hall–Kier alpha value is -6.60. The van der Waals surface area contributed by atoms with Crippen LogP contribution < -0.4 is 10.7 Å². The quantitative estimate of drug-likeness (QED) is 0.128. The highest BCUT2D eigenvalue weighted by Crippen LogP contribution is 2.35. The third-order valence-corrected chi connectivity index (χ3v) is 7.74. The predicted octanol–water partition coefficient (Wildman–Crippen LogP) is 8.05. The molecule has 0 heterocycles. The van der Waals surface area contributed by atoms with Crippen molar-refractivity contribution in [1.29, 1.82) is 10.5 Å². The highest BCUT2D eigenvalue weighted by molar-refractivity contribution is 6.21. The molecule has 0 unspecified atom stereocenters. The molecule has 7 rings (SSSR count). The van der Waals surface area contributed by atoms with Gasteiger partial charge in [0.2, 0.25) is 6.19 Å². The molecular weight excluding hydrogens is 516 g/mol. The minimum atomic E-state index is 0.562. The lowest BCUT2D eigenvalue weighted by Gasteiger charge is -2.03. The standard InChI is InChI=1S/C36H16N6/c1-39-26-8-4-7-23(14-26)25-10-12-28-30-17-33-29(18-34(30)36(42-40-2)32(28)16-25)27-11-9-24(15-31(27)35(33)41-20-38)22-6-3-5-21(13-22)19-37/h3-18H/b41-35?,42-36-. The summed E-state index contributed by atoms with van der Waals surface area (Å²) in [7, 11) is 0. The molecule has 0 bridgehead atoms. The summed E-state index contributed by atoms with van der Waals surface area (Å²) in [5, 5.41) is 31.5. The Morgan fingerprint density at radius 3 is 1.74 bits per heavy atom. The van der Waals surface area contributed by atoms with Gasteiger partial charge in [-0.05, 0) is 86.3 Å². The van der Waals surface area contributed by atoms with Crippen molar-refractivity contribution in [2.45, 2.75) is 0 Å². The van der Waals surface area contributed by atoms with Crippen LogP contribution in [0, 0.1) is 35.9 Å². The monoisotopic (exact) mass is 532 g/mol. The molecule has 0 aliphatic heterocycles. The molecule has 42 heavy (non-hydrogen) atoms. The summed E-state index contributed by atoms with van der Waals surface area (Å²) >= 11 is 0. The Morgan fingerprint density at radius 1 is 0.548 bits per heavy atom. The number of nitrogens with zero attached hydrogens (tertiary/aromatic N) is 6. The first-order chi connectivity index (χ1) is 20.6. The smallest absolute Gasteiger partial charge is 0.206 e. The fourth-order valence-corrected chi connectivity index (χ4v) is 5.89. The van der Waals surface area contributed by atoms with Crippen LogP contribution in [0.25, 0.3) is 75.1 Å². The molecule has 7 aromatic rings. The van der Waals surface area contributed by atoms with Crippen molar-refractivity contribution in [3.63, 3.8) is 0 Å². The van der Waals surface area contributed by atoms with Gasteiger partial charge in [0.05, 0.1) is 28.7 Å². The molecule has 6 nitrogen and oxygen atoms in total. The van der Waals surface area contributed by atoms with Gasteiger partial charge in [0.25, 0.3) is 0 Å². The van der Waals surface area contributed by atoms with Gasteiger partial charge in [-0.1, -0.05) is 54.6 Å². The first-order valence-electron chi connectivity index (χ1n) is 13.0. The summed E-state index contributed by atoms with van der Waals surface area (Å²) < 4.78 is 0. The minimum absolute atomic E-state index is 0.562. The van der Waals surface area contributed by atoms with Crippen molar-refractivity contribution >= 4 is 48.8 Å². The van der Waals surface area contributed by atoms with Crippen LogP contribution in [0.5, 0.6) is 0 Å². The van der Waals surface area contributed by atoms with E-state index in [4.69, 9.17) is 13.1 Å². The van der Waals surface area contributed by atoms with E-state index in [1.54, 1.807) is 12.1 Å². The molecule has 0 amide bonds. The van der Waals surface area contributed by atoms with Crippen molar-refractivity contribution in [2.24, 2.45) is 10.1 Å².